The van der Waals surface area contributed by atoms with Gasteiger partial charge in [-0.2, -0.15) is 5.26 Å². The number of carbonyl (C=O) groups is 1. The average Bonchev–Trinajstić information content (AvgIpc) is 3.62. The van der Waals surface area contributed by atoms with E-state index < -0.39 is 0 Å². The standard InChI is InChI=1S/C37H42N6O3/c1-26-19-27(2)35(28(3)33(26)20-29-13-15-41(16-14-29)34-12-8-7-11-31(34)21-38)36(44)42-17-18-43(37-40-39-25-46-37)32(22-42)24-45-23-30-9-5-4-6-10-30/h4-12,19,25,29,32H,13-18,20,22-24H2,1-3H3/t32-/m0/s1. The summed E-state index contributed by atoms with van der Waals surface area (Å²) in [6, 6.07) is 22.8. The van der Waals surface area contributed by atoms with Crippen molar-refractivity contribution in [3.05, 3.63) is 106 Å². The maximum Gasteiger partial charge on any atom is 0.318 e. The molecule has 0 N–H and O–H groups in total. The number of rotatable bonds is 9. The Kier molecular flexibility index (Phi) is 9.65. The SMILES string of the molecule is Cc1cc(C)c(C(=O)N2CCN(c3nnco3)[C@H](COCc3ccccc3)C2)c(C)c1CC1CCN(c2ccccc2C#N)CC1. The minimum atomic E-state index is -0.122. The summed E-state index contributed by atoms with van der Waals surface area (Å²) in [4.78, 5) is 20.6. The zero-order valence-electron chi connectivity index (χ0n) is 27.0. The molecule has 238 valence electrons. The van der Waals surface area contributed by atoms with E-state index in [0.29, 0.717) is 44.8 Å². The molecule has 6 rings (SSSR count). The molecule has 1 aromatic heterocycles. The number of amides is 1. The number of ether oxygens (including phenoxy) is 1. The number of aromatic nitrogens is 2. The Balaban J connectivity index is 1.15. The molecule has 9 nitrogen and oxygen atoms in total. The summed E-state index contributed by atoms with van der Waals surface area (Å²) in [7, 11) is 0. The first kappa shape index (κ1) is 31.3. The highest BCUT2D eigenvalue weighted by Gasteiger charge is 2.34. The lowest BCUT2D eigenvalue weighted by Gasteiger charge is -2.40. The number of hydrogen-bond donors (Lipinski definition) is 0. The van der Waals surface area contributed by atoms with Crippen molar-refractivity contribution in [2.24, 2.45) is 5.92 Å². The van der Waals surface area contributed by atoms with Crippen LogP contribution >= 0.6 is 0 Å². The predicted octanol–water partition coefficient (Wildman–Crippen LogP) is 5.87. The Bertz CT molecular complexity index is 1680. The summed E-state index contributed by atoms with van der Waals surface area (Å²) >= 11 is 0. The zero-order valence-corrected chi connectivity index (χ0v) is 27.0. The molecule has 3 aromatic carbocycles. The zero-order chi connectivity index (χ0) is 32.0. The van der Waals surface area contributed by atoms with Gasteiger partial charge in [0.25, 0.3) is 5.91 Å². The van der Waals surface area contributed by atoms with E-state index in [1.54, 1.807) is 0 Å². The van der Waals surface area contributed by atoms with Crippen LogP contribution < -0.4 is 9.80 Å². The fraction of sp³-hybridized carbons (Fsp3) is 0.405. The van der Waals surface area contributed by atoms with Crippen LogP contribution in [0.1, 0.15) is 56.6 Å². The molecule has 2 fully saturated rings. The third-order valence-corrected chi connectivity index (χ3v) is 9.60. The molecule has 2 saturated heterocycles. The highest BCUT2D eigenvalue weighted by molar-refractivity contribution is 5.97. The van der Waals surface area contributed by atoms with Crippen molar-refractivity contribution in [2.45, 2.75) is 52.7 Å². The number of nitrogens with zero attached hydrogens (tertiary/aromatic N) is 6. The van der Waals surface area contributed by atoms with Gasteiger partial charge in [0, 0.05) is 38.3 Å². The van der Waals surface area contributed by atoms with Crippen LogP contribution in [0.3, 0.4) is 0 Å². The summed E-state index contributed by atoms with van der Waals surface area (Å²) in [5.41, 5.74) is 8.33. The minimum Gasteiger partial charge on any atom is -0.411 e. The monoisotopic (exact) mass is 618 g/mol. The molecule has 0 aliphatic carbocycles. The molecule has 0 bridgehead atoms. The van der Waals surface area contributed by atoms with Gasteiger partial charge in [-0.25, -0.2) is 0 Å². The van der Waals surface area contributed by atoms with Crippen LogP contribution in [0.5, 0.6) is 0 Å². The molecule has 0 unspecified atom stereocenters. The maximum atomic E-state index is 14.3. The first-order chi connectivity index (χ1) is 22.4. The Morgan fingerprint density at radius 3 is 2.50 bits per heavy atom. The number of piperidine rings is 1. The Hall–Kier alpha value is -4.68. The number of aryl methyl sites for hydroxylation is 2. The first-order valence-electron chi connectivity index (χ1n) is 16.2. The maximum absolute atomic E-state index is 14.3. The van der Waals surface area contributed by atoms with Crippen LogP contribution in [-0.2, 0) is 17.8 Å². The fourth-order valence-corrected chi connectivity index (χ4v) is 7.15. The van der Waals surface area contributed by atoms with Gasteiger partial charge in [-0.3, -0.25) is 4.79 Å². The van der Waals surface area contributed by atoms with Gasteiger partial charge in [0.2, 0.25) is 6.39 Å². The molecule has 9 heteroatoms. The van der Waals surface area contributed by atoms with E-state index in [1.807, 2.05) is 59.5 Å². The number of nitriles is 1. The second-order valence-corrected chi connectivity index (χ2v) is 12.6. The van der Waals surface area contributed by atoms with E-state index in [-0.39, 0.29) is 11.9 Å². The van der Waals surface area contributed by atoms with Gasteiger partial charge >= 0.3 is 6.01 Å². The Morgan fingerprint density at radius 2 is 1.76 bits per heavy atom. The molecular weight excluding hydrogens is 576 g/mol. The van der Waals surface area contributed by atoms with E-state index in [1.165, 1.54) is 17.5 Å². The molecule has 1 atom stereocenters. The number of carbonyl (C=O) groups excluding carboxylic acids is 1. The Labute approximate surface area is 271 Å². The summed E-state index contributed by atoms with van der Waals surface area (Å²) in [6.07, 6.45) is 4.40. The summed E-state index contributed by atoms with van der Waals surface area (Å²) < 4.78 is 11.7. The highest BCUT2D eigenvalue weighted by atomic mass is 16.5. The van der Waals surface area contributed by atoms with Crippen molar-refractivity contribution in [2.75, 3.05) is 49.1 Å². The lowest BCUT2D eigenvalue weighted by atomic mass is 9.83. The summed E-state index contributed by atoms with van der Waals surface area (Å²) in [5.74, 6) is 0.593. The van der Waals surface area contributed by atoms with Crippen LogP contribution in [0.15, 0.2) is 71.5 Å². The van der Waals surface area contributed by atoms with Crippen LogP contribution in [0.2, 0.25) is 0 Å². The van der Waals surface area contributed by atoms with Crippen molar-refractivity contribution in [1.82, 2.24) is 15.1 Å². The smallest absolute Gasteiger partial charge is 0.318 e. The number of anilines is 2. The van der Waals surface area contributed by atoms with Gasteiger partial charge in [0.15, 0.2) is 0 Å². The van der Waals surface area contributed by atoms with Gasteiger partial charge in [-0.15, -0.1) is 5.10 Å². The summed E-state index contributed by atoms with van der Waals surface area (Å²) in [5, 5.41) is 17.6. The van der Waals surface area contributed by atoms with Gasteiger partial charge in [0.05, 0.1) is 30.5 Å². The molecule has 3 heterocycles. The lowest BCUT2D eigenvalue weighted by Crippen LogP contribution is -2.57. The number of piperazine rings is 1. The second kappa shape index (κ2) is 14.2. The largest absolute Gasteiger partial charge is 0.411 e. The van der Waals surface area contributed by atoms with Crippen molar-refractivity contribution in [3.8, 4) is 6.07 Å². The van der Waals surface area contributed by atoms with Gasteiger partial charge in [-0.05, 0) is 85.9 Å². The van der Waals surface area contributed by atoms with Crippen molar-refractivity contribution in [1.29, 1.82) is 5.26 Å². The third-order valence-electron chi connectivity index (χ3n) is 9.60. The molecule has 2 aliphatic rings. The average molecular weight is 619 g/mol. The molecular formula is C37H42N6O3. The van der Waals surface area contributed by atoms with Crippen LogP contribution in [0.25, 0.3) is 0 Å². The van der Waals surface area contributed by atoms with Crippen molar-refractivity contribution < 1.29 is 13.9 Å². The molecule has 0 radical (unpaired) electrons. The molecule has 2 aliphatic heterocycles. The van der Waals surface area contributed by atoms with Gasteiger partial charge in [0.1, 0.15) is 6.07 Å². The number of benzene rings is 3. The fourth-order valence-electron chi connectivity index (χ4n) is 7.15. The van der Waals surface area contributed by atoms with Gasteiger partial charge < -0.3 is 23.9 Å². The first-order valence-corrected chi connectivity index (χ1v) is 16.2. The number of para-hydroxylation sites is 1. The Morgan fingerprint density at radius 1 is 1.00 bits per heavy atom. The quantitative estimate of drug-likeness (QED) is 0.230. The van der Waals surface area contributed by atoms with Crippen molar-refractivity contribution in [3.63, 3.8) is 0 Å². The molecule has 4 aromatic rings. The number of hydrogen-bond acceptors (Lipinski definition) is 8. The van der Waals surface area contributed by atoms with E-state index >= 15 is 0 Å². The van der Waals surface area contributed by atoms with E-state index in [2.05, 4.69) is 52.9 Å². The van der Waals surface area contributed by atoms with Crippen molar-refractivity contribution >= 4 is 17.6 Å². The van der Waals surface area contributed by atoms with Gasteiger partial charge in [-0.1, -0.05) is 53.6 Å². The molecule has 0 saturated carbocycles. The topological polar surface area (TPSA) is 98.7 Å². The lowest BCUT2D eigenvalue weighted by molar-refractivity contribution is 0.0597. The highest BCUT2D eigenvalue weighted by Crippen LogP contribution is 2.32. The normalized spacial score (nSPS) is 17.3. The van der Waals surface area contributed by atoms with Crippen LogP contribution in [-0.4, -0.2) is 66.4 Å². The van der Waals surface area contributed by atoms with E-state index in [9.17, 15) is 10.1 Å². The molecule has 46 heavy (non-hydrogen) atoms. The predicted molar refractivity (Wildman–Crippen MR) is 178 cm³/mol. The third kappa shape index (κ3) is 6.77. The van der Waals surface area contributed by atoms with Crippen LogP contribution in [0, 0.1) is 38.0 Å². The van der Waals surface area contributed by atoms with E-state index in [4.69, 9.17) is 9.15 Å². The van der Waals surface area contributed by atoms with Crippen LogP contribution in [0.4, 0.5) is 11.7 Å². The molecule has 0 spiro atoms. The molecule has 1 amide bonds. The summed E-state index contributed by atoms with van der Waals surface area (Å²) in [6.45, 7) is 10.8. The van der Waals surface area contributed by atoms with E-state index in [0.717, 1.165) is 65.9 Å². The minimum absolute atomic E-state index is 0.0671. The second-order valence-electron chi connectivity index (χ2n) is 12.6.